The normalized spacial score (nSPS) is 10.8. The van der Waals surface area contributed by atoms with Gasteiger partial charge in [0.1, 0.15) is 5.15 Å². The lowest BCUT2D eigenvalue weighted by molar-refractivity contribution is -0.134. The van der Waals surface area contributed by atoms with Crippen molar-refractivity contribution in [3.63, 3.8) is 0 Å². The van der Waals surface area contributed by atoms with Crippen molar-refractivity contribution in [2.45, 2.75) is 19.8 Å². The van der Waals surface area contributed by atoms with Crippen molar-refractivity contribution in [2.75, 3.05) is 0 Å². The molecule has 124 valence electrons. The largest absolute Gasteiger partial charge is 0.431 e. The number of nitrogens with zero attached hydrogens (tertiary/aromatic N) is 2. The number of aromatic nitrogens is 2. The van der Waals surface area contributed by atoms with E-state index in [4.69, 9.17) is 32.4 Å². The van der Waals surface area contributed by atoms with E-state index in [2.05, 4.69) is 9.97 Å². The third-order valence-electron chi connectivity index (χ3n) is 3.03. The van der Waals surface area contributed by atoms with Crippen LogP contribution >= 0.6 is 34.5 Å². The van der Waals surface area contributed by atoms with Gasteiger partial charge in [-0.15, -0.1) is 11.3 Å². The Hall–Kier alpha value is -1.89. The van der Waals surface area contributed by atoms with E-state index in [-0.39, 0.29) is 17.7 Å². The average molecular weight is 383 g/mol. The first-order valence-electron chi connectivity index (χ1n) is 7.16. The lowest BCUT2D eigenvalue weighted by Crippen LogP contribution is -2.07. The summed E-state index contributed by atoms with van der Waals surface area (Å²) < 4.78 is 11.7. The van der Waals surface area contributed by atoms with Gasteiger partial charge in [0.05, 0.1) is 14.8 Å². The second-order valence-electron chi connectivity index (χ2n) is 4.85. The van der Waals surface area contributed by atoms with Gasteiger partial charge >= 0.3 is 5.97 Å². The van der Waals surface area contributed by atoms with Crippen LogP contribution in [-0.2, 0) is 4.79 Å². The number of carbonyl (C=O) groups is 1. The molecular weight excluding hydrogens is 371 g/mol. The molecule has 0 amide bonds. The molecule has 3 aromatic heterocycles. The molecule has 5 nitrogen and oxygen atoms in total. The van der Waals surface area contributed by atoms with Gasteiger partial charge in [-0.25, -0.2) is 4.98 Å². The SMILES string of the molecule is CCCC(=O)Oc1nc(-c2ccc(Cl)nc2)oc1-c1ccc(Cl)s1. The Balaban J connectivity index is 2.01. The number of hydrogen-bond donors (Lipinski definition) is 0. The van der Waals surface area contributed by atoms with E-state index in [1.54, 1.807) is 24.3 Å². The highest BCUT2D eigenvalue weighted by Crippen LogP contribution is 2.39. The van der Waals surface area contributed by atoms with Crippen LogP contribution in [0.3, 0.4) is 0 Å². The number of carbonyl (C=O) groups excluding carboxylic acids is 1. The van der Waals surface area contributed by atoms with Gasteiger partial charge in [-0.3, -0.25) is 4.79 Å². The molecule has 0 radical (unpaired) electrons. The Morgan fingerprint density at radius 2 is 2.12 bits per heavy atom. The molecule has 0 aliphatic rings. The van der Waals surface area contributed by atoms with Crippen molar-refractivity contribution in [3.8, 4) is 28.0 Å². The second kappa shape index (κ2) is 7.34. The number of hydrogen-bond acceptors (Lipinski definition) is 6. The maximum absolute atomic E-state index is 11.8. The molecule has 24 heavy (non-hydrogen) atoms. The van der Waals surface area contributed by atoms with Crippen LogP contribution in [0, 0.1) is 0 Å². The molecule has 0 N–H and O–H groups in total. The summed E-state index contributed by atoms with van der Waals surface area (Å²) in [6, 6.07) is 6.88. The Bertz CT molecular complexity index is 859. The standard InChI is InChI=1S/C16H12Cl2N2O3S/c1-2-3-13(21)22-16-14(10-5-7-12(18)24-10)23-15(20-16)9-4-6-11(17)19-8-9/h4-8H,2-3H2,1H3. The van der Waals surface area contributed by atoms with Crippen molar-refractivity contribution >= 4 is 40.5 Å². The minimum absolute atomic E-state index is 0.122. The van der Waals surface area contributed by atoms with Crippen molar-refractivity contribution in [3.05, 3.63) is 40.0 Å². The topological polar surface area (TPSA) is 65.2 Å². The number of halogens is 2. The van der Waals surface area contributed by atoms with E-state index in [0.717, 1.165) is 4.88 Å². The molecule has 8 heteroatoms. The first kappa shape index (κ1) is 17.0. The van der Waals surface area contributed by atoms with Gasteiger partial charge in [0.15, 0.2) is 0 Å². The van der Waals surface area contributed by atoms with Gasteiger partial charge in [0.25, 0.3) is 5.88 Å². The zero-order chi connectivity index (χ0) is 17.1. The van der Waals surface area contributed by atoms with E-state index < -0.39 is 0 Å². The maximum Gasteiger partial charge on any atom is 0.312 e. The fourth-order valence-corrected chi connectivity index (χ4v) is 3.08. The number of thiophene rings is 1. The first-order chi connectivity index (χ1) is 11.6. The molecule has 0 fully saturated rings. The van der Waals surface area contributed by atoms with Crippen LogP contribution in [0.1, 0.15) is 19.8 Å². The summed E-state index contributed by atoms with van der Waals surface area (Å²) >= 11 is 13.1. The van der Waals surface area contributed by atoms with E-state index in [0.29, 0.717) is 33.7 Å². The Labute approximate surface area is 152 Å². The molecular formula is C16H12Cl2N2O3S. The molecule has 0 aliphatic carbocycles. The van der Waals surface area contributed by atoms with Crippen molar-refractivity contribution in [1.29, 1.82) is 0 Å². The molecule has 0 saturated carbocycles. The van der Waals surface area contributed by atoms with Crippen LogP contribution in [0.15, 0.2) is 34.9 Å². The summed E-state index contributed by atoms with van der Waals surface area (Å²) in [6.45, 7) is 1.90. The number of esters is 1. The van der Waals surface area contributed by atoms with Crippen molar-refractivity contribution in [1.82, 2.24) is 9.97 Å². The molecule has 0 aromatic carbocycles. The summed E-state index contributed by atoms with van der Waals surface area (Å²) in [5, 5.41) is 0.366. The van der Waals surface area contributed by atoms with Crippen LogP contribution < -0.4 is 4.74 Å². The summed E-state index contributed by atoms with van der Waals surface area (Å²) in [4.78, 5) is 20.8. The van der Waals surface area contributed by atoms with E-state index in [9.17, 15) is 4.79 Å². The highest BCUT2D eigenvalue weighted by Gasteiger charge is 2.21. The molecule has 0 saturated heterocycles. The second-order valence-corrected chi connectivity index (χ2v) is 6.95. The zero-order valence-corrected chi connectivity index (χ0v) is 14.9. The van der Waals surface area contributed by atoms with Gasteiger partial charge in [-0.1, -0.05) is 30.1 Å². The summed E-state index contributed by atoms with van der Waals surface area (Å²) in [5.74, 6) is 0.409. The molecule has 0 unspecified atom stereocenters. The van der Waals surface area contributed by atoms with Crippen LogP contribution in [0.2, 0.25) is 9.49 Å². The van der Waals surface area contributed by atoms with Gasteiger partial charge in [-0.05, 0) is 30.7 Å². The lowest BCUT2D eigenvalue weighted by Gasteiger charge is -2.00. The third-order valence-corrected chi connectivity index (χ3v) is 4.49. The number of pyridine rings is 1. The number of rotatable bonds is 5. The Morgan fingerprint density at radius 1 is 1.29 bits per heavy atom. The Morgan fingerprint density at radius 3 is 2.75 bits per heavy atom. The molecule has 0 aliphatic heterocycles. The fraction of sp³-hybridized carbons (Fsp3) is 0.188. The lowest BCUT2D eigenvalue weighted by atomic mass is 10.3. The van der Waals surface area contributed by atoms with Crippen LogP contribution in [0.4, 0.5) is 0 Å². The van der Waals surface area contributed by atoms with Gasteiger partial charge in [0.2, 0.25) is 11.7 Å². The van der Waals surface area contributed by atoms with E-state index in [1.165, 1.54) is 17.5 Å². The van der Waals surface area contributed by atoms with E-state index >= 15 is 0 Å². The van der Waals surface area contributed by atoms with Gasteiger partial charge in [-0.2, -0.15) is 4.98 Å². The third kappa shape index (κ3) is 3.77. The minimum Gasteiger partial charge on any atom is -0.431 e. The monoisotopic (exact) mass is 382 g/mol. The van der Waals surface area contributed by atoms with Gasteiger partial charge in [0, 0.05) is 12.6 Å². The van der Waals surface area contributed by atoms with Crippen LogP contribution in [0.5, 0.6) is 5.88 Å². The highest BCUT2D eigenvalue weighted by molar-refractivity contribution is 7.19. The average Bonchev–Trinajstić information content (AvgIpc) is 3.14. The highest BCUT2D eigenvalue weighted by atomic mass is 35.5. The summed E-state index contributed by atoms with van der Waals surface area (Å²) in [5.41, 5.74) is 0.626. The molecule has 3 aromatic rings. The van der Waals surface area contributed by atoms with Crippen molar-refractivity contribution < 1.29 is 13.9 Å². The zero-order valence-electron chi connectivity index (χ0n) is 12.6. The Kier molecular flexibility index (Phi) is 5.18. The maximum atomic E-state index is 11.8. The minimum atomic E-state index is -0.365. The van der Waals surface area contributed by atoms with Crippen LogP contribution in [-0.4, -0.2) is 15.9 Å². The van der Waals surface area contributed by atoms with Crippen LogP contribution in [0.25, 0.3) is 22.1 Å². The van der Waals surface area contributed by atoms with E-state index in [1.807, 2.05) is 6.92 Å². The number of ether oxygens (including phenoxy) is 1. The van der Waals surface area contributed by atoms with Gasteiger partial charge < -0.3 is 9.15 Å². The molecule has 0 atom stereocenters. The molecule has 3 rings (SSSR count). The quantitative estimate of drug-likeness (QED) is 0.431. The number of oxazole rings is 1. The smallest absolute Gasteiger partial charge is 0.312 e. The fourth-order valence-electron chi connectivity index (χ4n) is 1.96. The molecule has 0 bridgehead atoms. The summed E-state index contributed by atoms with van der Waals surface area (Å²) in [7, 11) is 0. The first-order valence-corrected chi connectivity index (χ1v) is 8.73. The molecule has 3 heterocycles. The molecule has 0 spiro atoms. The summed E-state index contributed by atoms with van der Waals surface area (Å²) in [6.07, 6.45) is 2.52. The predicted octanol–water partition coefficient (Wildman–Crippen LogP) is 5.48. The predicted molar refractivity (Wildman–Crippen MR) is 93.6 cm³/mol. The van der Waals surface area contributed by atoms with Crippen molar-refractivity contribution in [2.24, 2.45) is 0 Å².